The van der Waals surface area contributed by atoms with Gasteiger partial charge < -0.3 is 9.47 Å². The third-order valence-electron chi connectivity index (χ3n) is 5.86. The highest BCUT2D eigenvalue weighted by atomic mass is 16.7. The summed E-state index contributed by atoms with van der Waals surface area (Å²) < 4.78 is 11.4. The topological polar surface area (TPSA) is 35.5 Å². The molecule has 2 spiro atoms. The third kappa shape index (κ3) is 0.923. The Labute approximate surface area is 107 Å². The zero-order chi connectivity index (χ0) is 12.8. The second-order valence-corrected chi connectivity index (χ2v) is 6.87. The SMILES string of the molecule is C=C1C[C@@]23C[C@]4(C[C@H]2C1(C)C)OCOC4=CC3=O. The van der Waals surface area contributed by atoms with Crippen molar-refractivity contribution in [3.8, 4) is 0 Å². The van der Waals surface area contributed by atoms with Gasteiger partial charge in [-0.2, -0.15) is 0 Å². The van der Waals surface area contributed by atoms with Crippen LogP contribution in [0.1, 0.15) is 33.1 Å². The molecule has 18 heavy (non-hydrogen) atoms. The van der Waals surface area contributed by atoms with E-state index >= 15 is 0 Å². The fourth-order valence-corrected chi connectivity index (χ4v) is 4.70. The predicted molar refractivity (Wildman–Crippen MR) is 65.6 cm³/mol. The zero-order valence-corrected chi connectivity index (χ0v) is 10.9. The van der Waals surface area contributed by atoms with E-state index < -0.39 is 0 Å². The second-order valence-electron chi connectivity index (χ2n) is 6.87. The number of rotatable bonds is 0. The lowest BCUT2D eigenvalue weighted by atomic mass is 9.69. The summed E-state index contributed by atoms with van der Waals surface area (Å²) in [5.41, 5.74) is 0.661. The summed E-state index contributed by atoms with van der Waals surface area (Å²) >= 11 is 0. The van der Waals surface area contributed by atoms with E-state index in [-0.39, 0.29) is 22.2 Å². The summed E-state index contributed by atoms with van der Waals surface area (Å²) in [6.07, 6.45) is 4.21. The number of ketones is 1. The molecule has 1 aliphatic heterocycles. The Hall–Kier alpha value is -1.09. The number of hydrogen-bond acceptors (Lipinski definition) is 3. The molecule has 0 radical (unpaired) electrons. The first-order valence-electron chi connectivity index (χ1n) is 6.62. The minimum Gasteiger partial charge on any atom is -0.469 e. The molecule has 2 bridgehead atoms. The van der Waals surface area contributed by atoms with Crippen LogP contribution in [0.5, 0.6) is 0 Å². The van der Waals surface area contributed by atoms with Crippen molar-refractivity contribution in [3.63, 3.8) is 0 Å². The van der Waals surface area contributed by atoms with Gasteiger partial charge in [0.15, 0.2) is 12.6 Å². The van der Waals surface area contributed by atoms with Gasteiger partial charge >= 0.3 is 0 Å². The molecule has 1 heterocycles. The van der Waals surface area contributed by atoms with Gasteiger partial charge in [0.1, 0.15) is 11.4 Å². The van der Waals surface area contributed by atoms with Crippen LogP contribution in [0, 0.1) is 16.7 Å². The number of carbonyl (C=O) groups excluding carboxylic acids is 1. The molecule has 4 rings (SSSR count). The summed E-state index contributed by atoms with van der Waals surface area (Å²) in [4.78, 5) is 12.6. The quantitative estimate of drug-likeness (QED) is 0.616. The van der Waals surface area contributed by atoms with E-state index in [1.165, 1.54) is 5.57 Å². The van der Waals surface area contributed by atoms with Gasteiger partial charge in [0.05, 0.1) is 0 Å². The normalized spacial score (nSPS) is 47.7. The fourth-order valence-electron chi connectivity index (χ4n) is 4.70. The average molecular weight is 246 g/mol. The Kier molecular flexibility index (Phi) is 1.65. The van der Waals surface area contributed by atoms with Gasteiger partial charge in [-0.3, -0.25) is 4.79 Å². The molecule has 3 aliphatic carbocycles. The number of hydrogen-bond donors (Lipinski definition) is 0. The van der Waals surface area contributed by atoms with Crippen LogP contribution >= 0.6 is 0 Å². The van der Waals surface area contributed by atoms with E-state index in [0.717, 1.165) is 25.0 Å². The lowest BCUT2D eigenvalue weighted by Crippen LogP contribution is -2.38. The van der Waals surface area contributed by atoms with E-state index in [1.807, 2.05) is 0 Å². The summed E-state index contributed by atoms with van der Waals surface area (Å²) in [7, 11) is 0. The maximum atomic E-state index is 12.6. The molecule has 1 saturated heterocycles. The van der Waals surface area contributed by atoms with Crippen LogP contribution in [0.25, 0.3) is 0 Å². The molecular formula is C15H18O3. The van der Waals surface area contributed by atoms with Crippen molar-refractivity contribution in [2.45, 2.75) is 38.7 Å². The molecule has 4 aliphatic rings. The molecule has 3 heteroatoms. The standard InChI is InChI=1S/C15H18O3/c1-9-5-14-7-15(6-10(14)13(9,2)3)12(4-11(14)16)17-8-18-15/h4,10H,1,5-8H2,2-3H3/t10-,14+,15-/m0/s1. The van der Waals surface area contributed by atoms with E-state index in [2.05, 4.69) is 20.4 Å². The molecule has 2 saturated carbocycles. The number of carbonyl (C=O) groups is 1. The summed E-state index contributed by atoms with van der Waals surface area (Å²) in [6.45, 7) is 8.93. The minimum absolute atomic E-state index is 0.0222. The largest absolute Gasteiger partial charge is 0.469 e. The molecule has 96 valence electrons. The zero-order valence-electron chi connectivity index (χ0n) is 10.9. The molecule has 3 nitrogen and oxygen atoms in total. The van der Waals surface area contributed by atoms with Crippen LogP contribution in [0.3, 0.4) is 0 Å². The first kappa shape index (κ1) is 10.8. The molecule has 0 aromatic heterocycles. The molecule has 0 aromatic carbocycles. The maximum Gasteiger partial charge on any atom is 0.189 e. The van der Waals surface area contributed by atoms with Gasteiger partial charge in [0, 0.05) is 11.5 Å². The smallest absolute Gasteiger partial charge is 0.189 e. The van der Waals surface area contributed by atoms with Crippen LogP contribution in [0.4, 0.5) is 0 Å². The Morgan fingerprint density at radius 1 is 1.44 bits per heavy atom. The van der Waals surface area contributed by atoms with Gasteiger partial charge in [-0.25, -0.2) is 0 Å². The summed E-state index contributed by atoms with van der Waals surface area (Å²) in [5, 5.41) is 0. The van der Waals surface area contributed by atoms with E-state index in [1.54, 1.807) is 6.08 Å². The van der Waals surface area contributed by atoms with Crippen LogP contribution in [0.15, 0.2) is 24.0 Å². The third-order valence-corrected chi connectivity index (χ3v) is 5.86. The Bertz CT molecular complexity index is 516. The van der Waals surface area contributed by atoms with Crippen molar-refractivity contribution in [1.29, 1.82) is 0 Å². The van der Waals surface area contributed by atoms with Gasteiger partial charge in [0.25, 0.3) is 0 Å². The first-order chi connectivity index (χ1) is 8.41. The van der Waals surface area contributed by atoms with Gasteiger partial charge in [-0.1, -0.05) is 26.0 Å². The van der Waals surface area contributed by atoms with Crippen molar-refractivity contribution in [2.75, 3.05) is 6.79 Å². The fraction of sp³-hybridized carbons (Fsp3) is 0.667. The summed E-state index contributed by atoms with van der Waals surface area (Å²) in [5.74, 6) is 1.34. The van der Waals surface area contributed by atoms with E-state index in [0.29, 0.717) is 12.7 Å². The predicted octanol–water partition coefficient (Wildman–Crippen LogP) is 2.58. The van der Waals surface area contributed by atoms with Gasteiger partial charge in [0.2, 0.25) is 0 Å². The Morgan fingerprint density at radius 2 is 2.22 bits per heavy atom. The molecule has 0 amide bonds. The molecular weight excluding hydrogens is 228 g/mol. The van der Waals surface area contributed by atoms with Crippen molar-refractivity contribution < 1.29 is 14.3 Å². The van der Waals surface area contributed by atoms with Gasteiger partial charge in [-0.15, -0.1) is 0 Å². The maximum absolute atomic E-state index is 12.6. The molecule has 0 N–H and O–H groups in total. The van der Waals surface area contributed by atoms with Crippen LogP contribution in [-0.4, -0.2) is 18.2 Å². The minimum atomic E-state index is -0.309. The van der Waals surface area contributed by atoms with Crippen molar-refractivity contribution in [2.24, 2.45) is 16.7 Å². The number of ether oxygens (including phenoxy) is 2. The molecule has 0 aromatic rings. The molecule has 0 unspecified atom stereocenters. The van der Waals surface area contributed by atoms with Crippen molar-refractivity contribution >= 4 is 5.78 Å². The number of allylic oxidation sites excluding steroid dienone is 2. The average Bonchev–Trinajstić information content (AvgIpc) is 2.86. The van der Waals surface area contributed by atoms with E-state index in [9.17, 15) is 4.79 Å². The monoisotopic (exact) mass is 246 g/mol. The Morgan fingerprint density at radius 3 is 3.00 bits per heavy atom. The van der Waals surface area contributed by atoms with Crippen LogP contribution in [0.2, 0.25) is 0 Å². The van der Waals surface area contributed by atoms with Crippen molar-refractivity contribution in [1.82, 2.24) is 0 Å². The van der Waals surface area contributed by atoms with E-state index in [4.69, 9.17) is 9.47 Å². The highest BCUT2D eigenvalue weighted by molar-refractivity contribution is 5.98. The van der Waals surface area contributed by atoms with Crippen molar-refractivity contribution in [3.05, 3.63) is 24.0 Å². The van der Waals surface area contributed by atoms with Crippen LogP contribution in [-0.2, 0) is 14.3 Å². The highest BCUT2D eigenvalue weighted by Crippen LogP contribution is 2.70. The van der Waals surface area contributed by atoms with Crippen LogP contribution < -0.4 is 0 Å². The lowest BCUT2D eigenvalue weighted by Gasteiger charge is -2.32. The second kappa shape index (κ2) is 2.74. The molecule has 3 fully saturated rings. The lowest BCUT2D eigenvalue weighted by molar-refractivity contribution is -0.127. The van der Waals surface area contributed by atoms with Gasteiger partial charge in [-0.05, 0) is 30.6 Å². The summed E-state index contributed by atoms with van der Waals surface area (Å²) in [6, 6.07) is 0. The highest BCUT2D eigenvalue weighted by Gasteiger charge is 2.71. The molecule has 3 atom stereocenters. The first-order valence-corrected chi connectivity index (χ1v) is 6.62. The Balaban J connectivity index is 1.91.